The Balaban J connectivity index is 2.08. The smallest absolute Gasteiger partial charge is 0.190 e. The average Bonchev–Trinajstić information content (AvgIpc) is 2.75. The molecule has 0 radical (unpaired) electrons. The van der Waals surface area contributed by atoms with Gasteiger partial charge in [0.2, 0.25) is 0 Å². The second kappa shape index (κ2) is 5.69. The van der Waals surface area contributed by atoms with Crippen molar-refractivity contribution >= 4 is 39.1 Å². The summed E-state index contributed by atoms with van der Waals surface area (Å²) >= 11 is 3.32. The van der Waals surface area contributed by atoms with E-state index >= 15 is 0 Å². The van der Waals surface area contributed by atoms with E-state index in [2.05, 4.69) is 23.8 Å². The Morgan fingerprint density at radius 1 is 1.47 bits per heavy atom. The molecule has 92 valence electrons. The second-order valence-electron chi connectivity index (χ2n) is 4.24. The van der Waals surface area contributed by atoms with Crippen LogP contribution in [0.1, 0.15) is 26.7 Å². The van der Waals surface area contributed by atoms with Gasteiger partial charge in [-0.25, -0.2) is 9.97 Å². The monoisotopic (exact) mass is 267 g/mol. The van der Waals surface area contributed by atoms with E-state index < -0.39 is 0 Å². The molecule has 2 N–H and O–H groups in total. The molecular formula is C12H17N3S2. The first-order valence-corrected chi connectivity index (χ1v) is 7.70. The highest BCUT2D eigenvalue weighted by atomic mass is 32.2. The Labute approximate surface area is 110 Å². The maximum Gasteiger partial charge on any atom is 0.190 e. The van der Waals surface area contributed by atoms with Crippen molar-refractivity contribution in [2.75, 3.05) is 11.5 Å². The van der Waals surface area contributed by atoms with Gasteiger partial charge >= 0.3 is 0 Å². The zero-order chi connectivity index (χ0) is 12.3. The molecule has 17 heavy (non-hydrogen) atoms. The van der Waals surface area contributed by atoms with Gasteiger partial charge in [0.15, 0.2) is 5.16 Å². The molecule has 0 saturated carbocycles. The number of nitrogen functional groups attached to an aromatic ring is 1. The van der Waals surface area contributed by atoms with Gasteiger partial charge in [-0.15, -0.1) is 11.3 Å². The van der Waals surface area contributed by atoms with Crippen LogP contribution in [0.5, 0.6) is 0 Å². The number of hydrogen-bond donors (Lipinski definition) is 1. The molecule has 2 rings (SSSR count). The van der Waals surface area contributed by atoms with E-state index in [1.54, 1.807) is 23.1 Å². The zero-order valence-electron chi connectivity index (χ0n) is 10.1. The van der Waals surface area contributed by atoms with Gasteiger partial charge < -0.3 is 5.73 Å². The van der Waals surface area contributed by atoms with Crippen molar-refractivity contribution in [1.82, 2.24) is 9.97 Å². The maximum atomic E-state index is 5.91. The first kappa shape index (κ1) is 12.6. The van der Waals surface area contributed by atoms with Crippen LogP contribution in [0, 0.1) is 5.92 Å². The van der Waals surface area contributed by atoms with Gasteiger partial charge in [0.25, 0.3) is 0 Å². The lowest BCUT2D eigenvalue weighted by atomic mass is 10.1. The predicted octanol–water partition coefficient (Wildman–Crippen LogP) is 3.80. The van der Waals surface area contributed by atoms with E-state index in [4.69, 9.17) is 5.73 Å². The third kappa shape index (κ3) is 3.10. The lowest BCUT2D eigenvalue weighted by Crippen LogP contribution is -2.00. The summed E-state index contributed by atoms with van der Waals surface area (Å²) in [7, 11) is 0. The molecule has 0 spiro atoms. The Hall–Kier alpha value is -0.810. The van der Waals surface area contributed by atoms with Gasteiger partial charge in [0.05, 0.1) is 5.39 Å². The number of fused-ring (bicyclic) bond motifs is 1. The minimum Gasteiger partial charge on any atom is -0.383 e. The van der Waals surface area contributed by atoms with Gasteiger partial charge in [-0.2, -0.15) is 0 Å². The van der Waals surface area contributed by atoms with Crippen LogP contribution in [0.15, 0.2) is 16.6 Å². The van der Waals surface area contributed by atoms with E-state index in [1.165, 1.54) is 12.8 Å². The lowest BCUT2D eigenvalue weighted by molar-refractivity contribution is 0.584. The SMILES string of the molecule is CCCC(C)CSc1nc(N)c2ccsc2n1. The molecule has 1 unspecified atom stereocenters. The molecule has 2 aromatic heterocycles. The summed E-state index contributed by atoms with van der Waals surface area (Å²) < 4.78 is 0. The average molecular weight is 267 g/mol. The molecule has 0 amide bonds. The van der Waals surface area contributed by atoms with Crippen molar-refractivity contribution in [1.29, 1.82) is 0 Å². The number of thioether (sulfide) groups is 1. The third-order valence-electron chi connectivity index (χ3n) is 2.61. The number of rotatable bonds is 5. The summed E-state index contributed by atoms with van der Waals surface area (Å²) in [5.74, 6) is 2.36. The van der Waals surface area contributed by atoms with Crippen molar-refractivity contribution in [2.45, 2.75) is 31.8 Å². The predicted molar refractivity (Wildman–Crippen MR) is 76.6 cm³/mol. The van der Waals surface area contributed by atoms with E-state index in [9.17, 15) is 0 Å². The van der Waals surface area contributed by atoms with Gasteiger partial charge in [0, 0.05) is 5.75 Å². The Bertz CT molecular complexity index is 495. The topological polar surface area (TPSA) is 51.8 Å². The van der Waals surface area contributed by atoms with Crippen LogP contribution < -0.4 is 5.73 Å². The van der Waals surface area contributed by atoms with E-state index in [-0.39, 0.29) is 0 Å². The molecule has 0 aliphatic carbocycles. The van der Waals surface area contributed by atoms with Gasteiger partial charge in [-0.3, -0.25) is 0 Å². The zero-order valence-corrected chi connectivity index (χ0v) is 11.8. The van der Waals surface area contributed by atoms with Crippen LogP contribution in [0.3, 0.4) is 0 Å². The molecule has 1 atom stereocenters. The summed E-state index contributed by atoms with van der Waals surface area (Å²) in [4.78, 5) is 9.85. The summed E-state index contributed by atoms with van der Waals surface area (Å²) in [6.45, 7) is 4.48. The van der Waals surface area contributed by atoms with Crippen molar-refractivity contribution in [3.05, 3.63) is 11.4 Å². The molecule has 0 fully saturated rings. The largest absolute Gasteiger partial charge is 0.383 e. The highest BCUT2D eigenvalue weighted by molar-refractivity contribution is 7.99. The van der Waals surface area contributed by atoms with E-state index in [1.807, 2.05) is 11.4 Å². The van der Waals surface area contributed by atoms with Crippen LogP contribution in [-0.2, 0) is 0 Å². The molecule has 0 aliphatic rings. The van der Waals surface area contributed by atoms with Crippen molar-refractivity contribution in [2.24, 2.45) is 5.92 Å². The van der Waals surface area contributed by atoms with E-state index in [0.29, 0.717) is 11.7 Å². The first-order valence-electron chi connectivity index (χ1n) is 5.84. The van der Waals surface area contributed by atoms with Crippen molar-refractivity contribution < 1.29 is 0 Å². The Morgan fingerprint density at radius 2 is 2.29 bits per heavy atom. The number of hydrogen-bond acceptors (Lipinski definition) is 5. The van der Waals surface area contributed by atoms with Gasteiger partial charge in [0.1, 0.15) is 10.6 Å². The fraction of sp³-hybridized carbons (Fsp3) is 0.500. The fourth-order valence-corrected chi connectivity index (χ4v) is 3.46. The van der Waals surface area contributed by atoms with Crippen LogP contribution in [-0.4, -0.2) is 15.7 Å². The van der Waals surface area contributed by atoms with Crippen LogP contribution in [0.2, 0.25) is 0 Å². The van der Waals surface area contributed by atoms with Crippen LogP contribution in [0.4, 0.5) is 5.82 Å². The molecular weight excluding hydrogens is 250 g/mol. The lowest BCUT2D eigenvalue weighted by Gasteiger charge is -2.08. The molecule has 0 saturated heterocycles. The molecule has 0 bridgehead atoms. The second-order valence-corrected chi connectivity index (χ2v) is 6.12. The van der Waals surface area contributed by atoms with E-state index in [0.717, 1.165) is 21.1 Å². The molecule has 2 aromatic rings. The first-order chi connectivity index (χ1) is 8.20. The van der Waals surface area contributed by atoms with Crippen molar-refractivity contribution in [3.63, 3.8) is 0 Å². The summed E-state index contributed by atoms with van der Waals surface area (Å²) in [6, 6.07) is 1.98. The summed E-state index contributed by atoms with van der Waals surface area (Å²) in [5.41, 5.74) is 5.91. The normalized spacial score (nSPS) is 13.1. The minimum absolute atomic E-state index is 0.599. The van der Waals surface area contributed by atoms with Gasteiger partial charge in [-0.1, -0.05) is 38.5 Å². The van der Waals surface area contributed by atoms with Crippen molar-refractivity contribution in [3.8, 4) is 0 Å². The van der Waals surface area contributed by atoms with Gasteiger partial charge in [-0.05, 0) is 17.4 Å². The number of anilines is 1. The molecule has 5 heteroatoms. The quantitative estimate of drug-likeness (QED) is 0.661. The third-order valence-corrected chi connectivity index (χ3v) is 4.60. The number of nitrogens with two attached hydrogens (primary N) is 1. The van der Waals surface area contributed by atoms with Crippen LogP contribution in [0.25, 0.3) is 10.2 Å². The number of nitrogens with zero attached hydrogens (tertiary/aromatic N) is 2. The maximum absolute atomic E-state index is 5.91. The molecule has 3 nitrogen and oxygen atoms in total. The molecule has 0 aromatic carbocycles. The fourth-order valence-electron chi connectivity index (χ4n) is 1.72. The summed E-state index contributed by atoms with van der Waals surface area (Å²) in [5, 5.41) is 3.78. The highest BCUT2D eigenvalue weighted by Gasteiger charge is 2.08. The standard InChI is InChI=1S/C12H17N3S2/c1-3-4-8(2)7-17-12-14-10(13)9-5-6-16-11(9)15-12/h5-6,8H,3-4,7H2,1-2H3,(H2,13,14,15). The highest BCUT2D eigenvalue weighted by Crippen LogP contribution is 2.27. The Morgan fingerprint density at radius 3 is 3.06 bits per heavy atom. The molecule has 2 heterocycles. The molecule has 0 aliphatic heterocycles. The Kier molecular flexibility index (Phi) is 4.23. The number of aromatic nitrogens is 2. The summed E-state index contributed by atoms with van der Waals surface area (Å²) in [6.07, 6.45) is 2.48. The number of thiophene rings is 1. The van der Waals surface area contributed by atoms with Crippen LogP contribution >= 0.6 is 23.1 Å². The minimum atomic E-state index is 0.599.